The smallest absolute Gasteiger partial charge is 0.111 e. The number of nitrogens with zero attached hydrogens (tertiary/aromatic N) is 4. The zero-order chi connectivity index (χ0) is 14.1. The number of benzene rings is 1. The van der Waals surface area contributed by atoms with Crippen LogP contribution in [0.15, 0.2) is 30.6 Å². The molecule has 0 saturated carbocycles. The second kappa shape index (κ2) is 5.46. The maximum Gasteiger partial charge on any atom is 0.111 e. The third-order valence-corrected chi connectivity index (χ3v) is 3.63. The molecule has 0 bridgehead atoms. The van der Waals surface area contributed by atoms with Gasteiger partial charge in [-0.25, -0.2) is 4.98 Å². The lowest BCUT2D eigenvalue weighted by atomic mass is 10.3. The molecule has 4 nitrogen and oxygen atoms in total. The number of aromatic nitrogens is 4. The number of halogens is 2. The minimum atomic E-state index is 0.546. The molecule has 20 heavy (non-hydrogen) atoms. The Kier molecular flexibility index (Phi) is 3.68. The summed E-state index contributed by atoms with van der Waals surface area (Å²) in [6.45, 7) is 0.734. The minimum absolute atomic E-state index is 0.546. The van der Waals surface area contributed by atoms with E-state index >= 15 is 0 Å². The molecule has 0 fully saturated rings. The molecule has 0 atom stereocenters. The first-order chi connectivity index (χ1) is 9.67. The van der Waals surface area contributed by atoms with E-state index in [-0.39, 0.29) is 0 Å². The molecule has 0 saturated heterocycles. The molecular formula is C14H14Cl2N4. The Morgan fingerprint density at radius 3 is 2.85 bits per heavy atom. The van der Waals surface area contributed by atoms with Gasteiger partial charge in [0.05, 0.1) is 23.8 Å². The van der Waals surface area contributed by atoms with Crippen LogP contribution < -0.4 is 0 Å². The molecule has 0 N–H and O–H groups in total. The highest BCUT2D eigenvalue weighted by atomic mass is 35.5. The summed E-state index contributed by atoms with van der Waals surface area (Å²) in [5.74, 6) is 1.52. The Morgan fingerprint density at radius 1 is 1.30 bits per heavy atom. The van der Waals surface area contributed by atoms with Crippen LogP contribution >= 0.6 is 23.2 Å². The fourth-order valence-electron chi connectivity index (χ4n) is 2.34. The summed E-state index contributed by atoms with van der Waals surface area (Å²) in [6, 6.07) is 5.77. The number of alkyl halides is 1. The Balaban J connectivity index is 2.08. The highest BCUT2D eigenvalue weighted by molar-refractivity contribution is 6.31. The highest BCUT2D eigenvalue weighted by Gasteiger charge is 2.11. The molecule has 0 aliphatic heterocycles. The number of rotatable bonds is 4. The van der Waals surface area contributed by atoms with E-state index in [1.165, 1.54) is 0 Å². The molecule has 6 heteroatoms. The van der Waals surface area contributed by atoms with Gasteiger partial charge in [0.2, 0.25) is 0 Å². The summed E-state index contributed by atoms with van der Waals surface area (Å²) in [4.78, 5) is 4.63. The van der Waals surface area contributed by atoms with Crippen LogP contribution in [0.1, 0.15) is 11.4 Å². The Morgan fingerprint density at radius 2 is 2.15 bits per heavy atom. The molecule has 0 aliphatic carbocycles. The van der Waals surface area contributed by atoms with Crippen molar-refractivity contribution in [2.45, 2.75) is 13.0 Å². The van der Waals surface area contributed by atoms with E-state index in [0.717, 1.165) is 35.4 Å². The molecule has 0 amide bonds. The van der Waals surface area contributed by atoms with Gasteiger partial charge in [0.15, 0.2) is 0 Å². The van der Waals surface area contributed by atoms with E-state index in [2.05, 4.69) is 14.6 Å². The van der Waals surface area contributed by atoms with E-state index in [1.807, 2.05) is 37.6 Å². The number of hydrogen-bond acceptors (Lipinski definition) is 2. The third-order valence-electron chi connectivity index (χ3n) is 3.21. The first kappa shape index (κ1) is 13.5. The van der Waals surface area contributed by atoms with E-state index in [9.17, 15) is 0 Å². The van der Waals surface area contributed by atoms with E-state index in [1.54, 1.807) is 4.68 Å². The Bertz CT molecular complexity index is 745. The van der Waals surface area contributed by atoms with Crippen molar-refractivity contribution in [2.24, 2.45) is 7.05 Å². The lowest BCUT2D eigenvalue weighted by molar-refractivity contribution is 0.747. The van der Waals surface area contributed by atoms with Crippen molar-refractivity contribution in [3.05, 3.63) is 47.0 Å². The van der Waals surface area contributed by atoms with Crippen LogP contribution in [0, 0.1) is 0 Å². The average molecular weight is 309 g/mol. The molecular weight excluding hydrogens is 295 g/mol. The molecule has 0 unspecified atom stereocenters. The van der Waals surface area contributed by atoms with Crippen LogP contribution in [-0.2, 0) is 20.0 Å². The van der Waals surface area contributed by atoms with Gasteiger partial charge in [-0.15, -0.1) is 11.6 Å². The molecule has 3 aromatic rings. The standard InChI is InChI=1S/C14H14Cl2N4/c1-19-8-10(7-17-19)9-20-13-3-2-11(16)6-12(13)18-14(20)4-5-15/h2-3,6-8H,4-5,9H2,1H3. The van der Waals surface area contributed by atoms with Crippen LogP contribution in [0.4, 0.5) is 0 Å². The van der Waals surface area contributed by atoms with Gasteiger partial charge in [0.25, 0.3) is 0 Å². The number of fused-ring (bicyclic) bond motifs is 1. The first-order valence-electron chi connectivity index (χ1n) is 6.35. The molecule has 2 heterocycles. The Hall–Kier alpha value is -1.52. The summed E-state index contributed by atoms with van der Waals surface area (Å²) >= 11 is 11.9. The van der Waals surface area contributed by atoms with E-state index in [0.29, 0.717) is 10.9 Å². The van der Waals surface area contributed by atoms with Gasteiger partial charge in [0, 0.05) is 36.1 Å². The summed E-state index contributed by atoms with van der Waals surface area (Å²) in [7, 11) is 1.91. The molecule has 3 rings (SSSR count). The molecule has 1 aromatic carbocycles. The van der Waals surface area contributed by atoms with Crippen molar-refractivity contribution in [3.63, 3.8) is 0 Å². The third kappa shape index (κ3) is 2.53. The van der Waals surface area contributed by atoms with Gasteiger partial charge < -0.3 is 4.57 Å². The highest BCUT2D eigenvalue weighted by Crippen LogP contribution is 2.22. The summed E-state index contributed by atoms with van der Waals surface area (Å²) < 4.78 is 3.97. The van der Waals surface area contributed by atoms with Crippen molar-refractivity contribution in [3.8, 4) is 0 Å². The zero-order valence-corrected chi connectivity index (χ0v) is 12.6. The fraction of sp³-hybridized carbons (Fsp3) is 0.286. The molecule has 0 spiro atoms. The van der Waals surface area contributed by atoms with Gasteiger partial charge in [-0.05, 0) is 18.2 Å². The van der Waals surface area contributed by atoms with Crippen LogP contribution in [0.5, 0.6) is 0 Å². The predicted octanol–water partition coefficient (Wildman–Crippen LogP) is 3.25. The average Bonchev–Trinajstić information content (AvgIpc) is 2.95. The molecule has 2 aromatic heterocycles. The zero-order valence-electron chi connectivity index (χ0n) is 11.1. The minimum Gasteiger partial charge on any atom is -0.323 e. The maximum atomic E-state index is 6.03. The lowest BCUT2D eigenvalue weighted by Crippen LogP contribution is -2.05. The summed E-state index contributed by atoms with van der Waals surface area (Å²) in [5, 5.41) is 4.90. The largest absolute Gasteiger partial charge is 0.323 e. The van der Waals surface area contributed by atoms with Crippen molar-refractivity contribution < 1.29 is 0 Å². The van der Waals surface area contributed by atoms with Crippen molar-refractivity contribution in [1.29, 1.82) is 0 Å². The van der Waals surface area contributed by atoms with Crippen LogP contribution in [0.25, 0.3) is 11.0 Å². The molecule has 0 aliphatic rings. The quantitative estimate of drug-likeness (QED) is 0.694. The maximum absolute atomic E-state index is 6.03. The Labute approximate surface area is 126 Å². The molecule has 104 valence electrons. The van der Waals surface area contributed by atoms with Crippen LogP contribution in [0.2, 0.25) is 5.02 Å². The van der Waals surface area contributed by atoms with E-state index < -0.39 is 0 Å². The summed E-state index contributed by atoms with van der Waals surface area (Å²) in [5.41, 5.74) is 3.11. The monoisotopic (exact) mass is 308 g/mol. The topological polar surface area (TPSA) is 35.6 Å². The number of aryl methyl sites for hydroxylation is 2. The van der Waals surface area contributed by atoms with Gasteiger partial charge in [0.1, 0.15) is 5.82 Å². The van der Waals surface area contributed by atoms with Gasteiger partial charge in [-0.3, -0.25) is 4.68 Å². The summed E-state index contributed by atoms with van der Waals surface area (Å²) in [6.07, 6.45) is 4.60. The SMILES string of the molecule is Cn1cc(Cn2c(CCCl)nc3cc(Cl)ccc32)cn1. The van der Waals surface area contributed by atoms with Crippen LogP contribution in [0.3, 0.4) is 0 Å². The normalized spacial score (nSPS) is 11.3. The molecule has 0 radical (unpaired) electrons. The lowest BCUT2D eigenvalue weighted by Gasteiger charge is -2.06. The fourth-order valence-corrected chi connectivity index (χ4v) is 2.68. The second-order valence-electron chi connectivity index (χ2n) is 4.71. The number of hydrogen-bond donors (Lipinski definition) is 0. The van der Waals surface area contributed by atoms with Crippen molar-refractivity contribution in [1.82, 2.24) is 19.3 Å². The van der Waals surface area contributed by atoms with Gasteiger partial charge in [-0.2, -0.15) is 5.10 Å². The first-order valence-corrected chi connectivity index (χ1v) is 7.27. The predicted molar refractivity (Wildman–Crippen MR) is 81.5 cm³/mol. The van der Waals surface area contributed by atoms with E-state index in [4.69, 9.17) is 23.2 Å². The van der Waals surface area contributed by atoms with Crippen molar-refractivity contribution in [2.75, 3.05) is 5.88 Å². The second-order valence-corrected chi connectivity index (χ2v) is 5.52. The van der Waals surface area contributed by atoms with Gasteiger partial charge >= 0.3 is 0 Å². The van der Waals surface area contributed by atoms with Gasteiger partial charge in [-0.1, -0.05) is 11.6 Å². The van der Waals surface area contributed by atoms with Crippen LogP contribution in [-0.4, -0.2) is 25.2 Å². The number of imidazole rings is 1. The van der Waals surface area contributed by atoms with Crippen molar-refractivity contribution >= 4 is 34.2 Å².